The molecule has 0 bridgehead atoms. The summed E-state index contributed by atoms with van der Waals surface area (Å²) in [5.74, 6) is 3.48. The van der Waals surface area contributed by atoms with Crippen LogP contribution in [0.4, 0.5) is 0 Å². The van der Waals surface area contributed by atoms with E-state index in [-0.39, 0.29) is 11.3 Å². The van der Waals surface area contributed by atoms with Crippen molar-refractivity contribution in [3.05, 3.63) is 0 Å². The summed E-state index contributed by atoms with van der Waals surface area (Å²) in [6.07, 6.45) is 1.32. The molecule has 0 spiro atoms. The SMILES string of the molecule is CNC(=O)C(C)(C)CNCC1CCSC1. The molecule has 0 saturated carbocycles. The average Bonchev–Trinajstić information content (AvgIpc) is 2.69. The molecule has 0 aromatic carbocycles. The highest BCUT2D eigenvalue weighted by Crippen LogP contribution is 2.22. The summed E-state index contributed by atoms with van der Waals surface area (Å²) in [6.45, 7) is 5.76. The highest BCUT2D eigenvalue weighted by molar-refractivity contribution is 7.99. The number of thioether (sulfide) groups is 1. The van der Waals surface area contributed by atoms with E-state index in [1.165, 1.54) is 17.9 Å². The van der Waals surface area contributed by atoms with Crippen LogP contribution in [-0.2, 0) is 4.79 Å². The van der Waals surface area contributed by atoms with Gasteiger partial charge in [-0.1, -0.05) is 0 Å². The minimum atomic E-state index is -0.305. The Morgan fingerprint density at radius 3 is 2.80 bits per heavy atom. The third-order valence-corrected chi connectivity index (χ3v) is 4.10. The van der Waals surface area contributed by atoms with E-state index in [4.69, 9.17) is 0 Å². The minimum absolute atomic E-state index is 0.107. The molecule has 0 radical (unpaired) electrons. The topological polar surface area (TPSA) is 41.1 Å². The van der Waals surface area contributed by atoms with Gasteiger partial charge in [0.2, 0.25) is 5.91 Å². The van der Waals surface area contributed by atoms with E-state index in [1.807, 2.05) is 25.6 Å². The van der Waals surface area contributed by atoms with Gasteiger partial charge in [-0.25, -0.2) is 0 Å². The molecule has 88 valence electrons. The zero-order valence-electron chi connectivity index (χ0n) is 9.93. The number of carbonyl (C=O) groups excluding carboxylic acids is 1. The lowest BCUT2D eigenvalue weighted by molar-refractivity contribution is -0.128. The molecular formula is C11H22N2OS. The summed E-state index contributed by atoms with van der Waals surface area (Å²) in [5.41, 5.74) is -0.305. The minimum Gasteiger partial charge on any atom is -0.359 e. The highest BCUT2D eigenvalue weighted by atomic mass is 32.2. The van der Waals surface area contributed by atoms with Gasteiger partial charge in [-0.15, -0.1) is 0 Å². The van der Waals surface area contributed by atoms with Gasteiger partial charge in [0.1, 0.15) is 0 Å². The number of hydrogen-bond donors (Lipinski definition) is 2. The molecule has 1 rings (SSSR count). The van der Waals surface area contributed by atoms with Crippen LogP contribution in [0.15, 0.2) is 0 Å². The van der Waals surface area contributed by atoms with Gasteiger partial charge in [0.05, 0.1) is 5.41 Å². The van der Waals surface area contributed by atoms with Crippen molar-refractivity contribution in [1.82, 2.24) is 10.6 Å². The van der Waals surface area contributed by atoms with Crippen LogP contribution < -0.4 is 10.6 Å². The van der Waals surface area contributed by atoms with Crippen molar-refractivity contribution in [2.75, 3.05) is 31.6 Å². The first-order valence-electron chi connectivity index (χ1n) is 5.57. The number of hydrogen-bond acceptors (Lipinski definition) is 3. The van der Waals surface area contributed by atoms with Gasteiger partial charge in [0, 0.05) is 13.6 Å². The molecule has 1 heterocycles. The van der Waals surface area contributed by atoms with Gasteiger partial charge in [-0.05, 0) is 44.2 Å². The standard InChI is InChI=1S/C11H22N2OS/c1-11(2,10(14)12-3)8-13-6-9-4-5-15-7-9/h9,13H,4-8H2,1-3H3,(H,12,14). The van der Waals surface area contributed by atoms with Crippen LogP contribution in [0.5, 0.6) is 0 Å². The van der Waals surface area contributed by atoms with Crippen LogP contribution in [-0.4, -0.2) is 37.6 Å². The Balaban J connectivity index is 2.20. The molecule has 1 aliphatic heterocycles. The molecule has 3 nitrogen and oxygen atoms in total. The lowest BCUT2D eigenvalue weighted by atomic mass is 9.92. The fourth-order valence-corrected chi connectivity index (χ4v) is 3.04. The first-order chi connectivity index (χ1) is 7.06. The number of amides is 1. The molecule has 0 aromatic heterocycles. The second-order valence-electron chi connectivity index (χ2n) is 4.82. The lowest BCUT2D eigenvalue weighted by Gasteiger charge is -2.23. The van der Waals surface area contributed by atoms with Gasteiger partial charge < -0.3 is 10.6 Å². The Kier molecular flexibility index (Phi) is 4.93. The van der Waals surface area contributed by atoms with Gasteiger partial charge in [0.25, 0.3) is 0 Å². The number of carbonyl (C=O) groups is 1. The molecule has 0 aliphatic carbocycles. The molecule has 4 heteroatoms. The summed E-state index contributed by atoms with van der Waals surface area (Å²) in [5, 5.41) is 6.11. The van der Waals surface area contributed by atoms with Crippen molar-refractivity contribution < 1.29 is 4.79 Å². The van der Waals surface area contributed by atoms with Crippen molar-refractivity contribution >= 4 is 17.7 Å². The third kappa shape index (κ3) is 4.03. The maximum absolute atomic E-state index is 11.5. The Bertz CT molecular complexity index is 213. The molecular weight excluding hydrogens is 208 g/mol. The van der Waals surface area contributed by atoms with Gasteiger partial charge >= 0.3 is 0 Å². The molecule has 15 heavy (non-hydrogen) atoms. The van der Waals surface area contributed by atoms with Crippen molar-refractivity contribution in [3.8, 4) is 0 Å². The van der Waals surface area contributed by atoms with Crippen LogP contribution in [0.25, 0.3) is 0 Å². The van der Waals surface area contributed by atoms with E-state index < -0.39 is 0 Å². The Labute approximate surface area is 96.8 Å². The fraction of sp³-hybridized carbons (Fsp3) is 0.909. The predicted octanol–water partition coefficient (Wildman–Crippen LogP) is 1.10. The number of nitrogens with one attached hydrogen (secondary N) is 2. The molecule has 2 N–H and O–H groups in total. The van der Waals surface area contributed by atoms with Crippen molar-refractivity contribution in [1.29, 1.82) is 0 Å². The lowest BCUT2D eigenvalue weighted by Crippen LogP contribution is -2.43. The number of rotatable bonds is 5. The fourth-order valence-electron chi connectivity index (χ4n) is 1.75. The Morgan fingerprint density at radius 1 is 1.53 bits per heavy atom. The summed E-state index contributed by atoms with van der Waals surface area (Å²) in [7, 11) is 1.69. The second-order valence-corrected chi connectivity index (χ2v) is 5.97. The van der Waals surface area contributed by atoms with E-state index in [0.717, 1.165) is 19.0 Å². The summed E-state index contributed by atoms with van der Waals surface area (Å²) in [6, 6.07) is 0. The molecule has 1 fully saturated rings. The second kappa shape index (κ2) is 5.75. The monoisotopic (exact) mass is 230 g/mol. The van der Waals surface area contributed by atoms with Gasteiger partial charge in [-0.2, -0.15) is 11.8 Å². The largest absolute Gasteiger partial charge is 0.359 e. The molecule has 1 atom stereocenters. The molecule has 1 unspecified atom stereocenters. The maximum Gasteiger partial charge on any atom is 0.226 e. The predicted molar refractivity (Wildman–Crippen MR) is 66.1 cm³/mol. The van der Waals surface area contributed by atoms with E-state index >= 15 is 0 Å². The smallest absolute Gasteiger partial charge is 0.226 e. The summed E-state index contributed by atoms with van der Waals surface area (Å²) < 4.78 is 0. The van der Waals surface area contributed by atoms with Crippen LogP contribution in [0.1, 0.15) is 20.3 Å². The van der Waals surface area contributed by atoms with Gasteiger partial charge in [-0.3, -0.25) is 4.79 Å². The van der Waals surface area contributed by atoms with Crippen molar-refractivity contribution in [2.45, 2.75) is 20.3 Å². The quantitative estimate of drug-likeness (QED) is 0.743. The zero-order valence-corrected chi connectivity index (χ0v) is 10.7. The molecule has 1 aliphatic rings. The summed E-state index contributed by atoms with van der Waals surface area (Å²) in [4.78, 5) is 11.5. The maximum atomic E-state index is 11.5. The molecule has 0 aromatic rings. The van der Waals surface area contributed by atoms with Gasteiger partial charge in [0.15, 0.2) is 0 Å². The van der Waals surface area contributed by atoms with Crippen LogP contribution in [0, 0.1) is 11.3 Å². The van der Waals surface area contributed by atoms with E-state index in [9.17, 15) is 4.79 Å². The van der Waals surface area contributed by atoms with Crippen LogP contribution in [0.3, 0.4) is 0 Å². The highest BCUT2D eigenvalue weighted by Gasteiger charge is 2.26. The van der Waals surface area contributed by atoms with E-state index in [0.29, 0.717) is 0 Å². The van der Waals surface area contributed by atoms with E-state index in [2.05, 4.69) is 10.6 Å². The Morgan fingerprint density at radius 2 is 2.27 bits per heavy atom. The van der Waals surface area contributed by atoms with Crippen molar-refractivity contribution in [3.63, 3.8) is 0 Å². The first-order valence-corrected chi connectivity index (χ1v) is 6.72. The normalized spacial score (nSPS) is 21.7. The Hall–Kier alpha value is -0.220. The first kappa shape index (κ1) is 12.8. The van der Waals surface area contributed by atoms with Crippen LogP contribution in [0.2, 0.25) is 0 Å². The molecule has 1 amide bonds. The van der Waals surface area contributed by atoms with Crippen LogP contribution >= 0.6 is 11.8 Å². The third-order valence-electron chi connectivity index (χ3n) is 2.87. The van der Waals surface area contributed by atoms with Crippen molar-refractivity contribution in [2.24, 2.45) is 11.3 Å². The zero-order chi connectivity index (χ0) is 11.3. The molecule has 1 saturated heterocycles. The van der Waals surface area contributed by atoms with E-state index in [1.54, 1.807) is 7.05 Å². The summed E-state index contributed by atoms with van der Waals surface area (Å²) >= 11 is 2.03. The average molecular weight is 230 g/mol.